The third-order valence-electron chi connectivity index (χ3n) is 5.80. The number of hydrogen-bond donors (Lipinski definition) is 1. The topological polar surface area (TPSA) is 96.3 Å². The highest BCUT2D eigenvalue weighted by Crippen LogP contribution is 2.48. The summed E-state index contributed by atoms with van der Waals surface area (Å²) >= 11 is 29.0. The first-order valence-electron chi connectivity index (χ1n) is 11.2. The number of aliphatic hydroxyl groups is 1. The molecule has 4 aromatic rings. The van der Waals surface area contributed by atoms with E-state index in [1.165, 1.54) is 28.0 Å². The lowest BCUT2D eigenvalue weighted by Crippen LogP contribution is -2.31. The molecule has 3 heterocycles. The lowest BCUT2D eigenvalue weighted by Gasteiger charge is -2.25. The molecule has 2 aromatic heterocycles. The number of thioether (sulfide) groups is 1. The lowest BCUT2D eigenvalue weighted by molar-refractivity contribution is -0.117. The van der Waals surface area contributed by atoms with Gasteiger partial charge in [-0.2, -0.15) is 0 Å². The first-order chi connectivity index (χ1) is 18.6. The van der Waals surface area contributed by atoms with Gasteiger partial charge in [0.15, 0.2) is 10.1 Å². The number of thiazole rings is 1. The normalized spacial score (nSPS) is 15.5. The van der Waals surface area contributed by atoms with Crippen molar-refractivity contribution in [3.05, 3.63) is 94.5 Å². The molecule has 1 unspecified atom stereocenters. The molecule has 0 fully saturated rings. The number of ketones is 1. The second kappa shape index (κ2) is 11.4. The van der Waals surface area contributed by atoms with Crippen molar-refractivity contribution < 1.29 is 14.7 Å². The standard InChI is InChI=1S/C25H16Cl4N4O3S3/c1-10-22(38-11(2)30-10)20(34)18-19(17-14(27)4-3-5-15(17)28)33(23(36)21(18)35)24-31-32-25(39-24)37-9-12-6-7-13(26)8-16(12)29/h3-8,19,35H,9H2,1-2H3. The average Bonchev–Trinajstić information content (AvgIpc) is 3.54. The zero-order chi connectivity index (χ0) is 28.0. The van der Waals surface area contributed by atoms with Crippen molar-refractivity contribution in [2.24, 2.45) is 0 Å². The minimum atomic E-state index is -1.13. The predicted molar refractivity (Wildman–Crippen MR) is 158 cm³/mol. The number of aryl methyl sites for hydroxylation is 2. The summed E-state index contributed by atoms with van der Waals surface area (Å²) in [6, 6.07) is 8.94. The molecule has 200 valence electrons. The fraction of sp³-hybridized carbons (Fsp3) is 0.160. The third kappa shape index (κ3) is 5.44. The summed E-state index contributed by atoms with van der Waals surface area (Å²) < 4.78 is 0.543. The zero-order valence-corrected chi connectivity index (χ0v) is 25.5. The molecule has 0 radical (unpaired) electrons. The largest absolute Gasteiger partial charge is 0.503 e. The summed E-state index contributed by atoms with van der Waals surface area (Å²) in [5.74, 6) is -1.57. The van der Waals surface area contributed by atoms with Gasteiger partial charge in [0.2, 0.25) is 10.9 Å². The molecule has 0 spiro atoms. The van der Waals surface area contributed by atoms with Gasteiger partial charge in [0.25, 0.3) is 5.91 Å². The van der Waals surface area contributed by atoms with Crippen LogP contribution >= 0.6 is 80.8 Å². The maximum absolute atomic E-state index is 13.8. The monoisotopic (exact) mass is 656 g/mol. The fourth-order valence-corrected chi connectivity index (χ4v) is 7.98. The molecule has 0 saturated heterocycles. The van der Waals surface area contributed by atoms with Crippen LogP contribution in [0.2, 0.25) is 20.1 Å². The van der Waals surface area contributed by atoms with E-state index in [2.05, 4.69) is 15.2 Å². The number of halogens is 4. The molecule has 0 aliphatic carbocycles. The Morgan fingerprint density at radius 1 is 1.05 bits per heavy atom. The minimum Gasteiger partial charge on any atom is -0.503 e. The Morgan fingerprint density at radius 2 is 1.77 bits per heavy atom. The second-order valence-corrected chi connectivity index (χ2v) is 13.4. The van der Waals surface area contributed by atoms with E-state index in [0.29, 0.717) is 35.7 Å². The Kier molecular flexibility index (Phi) is 8.26. The van der Waals surface area contributed by atoms with E-state index >= 15 is 0 Å². The fourth-order valence-electron chi connectivity index (χ4n) is 4.08. The van der Waals surface area contributed by atoms with Crippen molar-refractivity contribution in [1.82, 2.24) is 15.2 Å². The van der Waals surface area contributed by atoms with E-state index in [1.807, 2.05) is 6.07 Å². The number of aliphatic hydroxyl groups excluding tert-OH is 1. The molecule has 1 amide bonds. The van der Waals surface area contributed by atoms with Crippen molar-refractivity contribution in [1.29, 1.82) is 0 Å². The predicted octanol–water partition coefficient (Wildman–Crippen LogP) is 8.30. The highest BCUT2D eigenvalue weighted by atomic mass is 35.5. The molecule has 1 aliphatic heterocycles. The Bertz CT molecular complexity index is 1650. The SMILES string of the molecule is Cc1nc(C)c(C(=O)C2=C(O)C(=O)N(c3nnc(SCc4ccc(Cl)cc4Cl)s3)C2c2c(Cl)cccc2Cl)s1. The van der Waals surface area contributed by atoms with Crippen molar-refractivity contribution in [3.63, 3.8) is 0 Å². The van der Waals surface area contributed by atoms with Gasteiger partial charge in [-0.1, -0.05) is 81.6 Å². The Labute approximate surface area is 255 Å². The number of hydrogen-bond acceptors (Lipinski definition) is 9. The highest BCUT2D eigenvalue weighted by Gasteiger charge is 2.48. The molecule has 0 saturated carbocycles. The van der Waals surface area contributed by atoms with Gasteiger partial charge in [-0.05, 0) is 43.7 Å². The van der Waals surface area contributed by atoms with Crippen LogP contribution in [-0.2, 0) is 10.5 Å². The Morgan fingerprint density at radius 3 is 2.41 bits per heavy atom. The molecule has 7 nitrogen and oxygen atoms in total. The first kappa shape index (κ1) is 28.4. The summed E-state index contributed by atoms with van der Waals surface area (Å²) in [4.78, 5) is 33.1. The van der Waals surface area contributed by atoms with Crippen molar-refractivity contribution >= 4 is 97.7 Å². The number of nitrogens with zero attached hydrogens (tertiary/aromatic N) is 4. The first-order valence-corrected chi connectivity index (χ1v) is 15.3. The molecule has 5 rings (SSSR count). The van der Waals surface area contributed by atoms with Crippen LogP contribution in [0.25, 0.3) is 0 Å². The molecule has 1 N–H and O–H groups in total. The number of amides is 1. The number of Topliss-reactive ketones (excluding diaryl/α,β-unsaturated/α-hetero) is 1. The minimum absolute atomic E-state index is 0.154. The van der Waals surface area contributed by atoms with Gasteiger partial charge in [0.05, 0.1) is 21.2 Å². The summed E-state index contributed by atoms with van der Waals surface area (Å²) in [6.45, 7) is 3.47. The summed E-state index contributed by atoms with van der Waals surface area (Å²) in [5.41, 5.74) is 1.48. The number of carbonyl (C=O) groups excluding carboxylic acids is 2. The van der Waals surface area contributed by atoms with Crippen LogP contribution in [0.15, 0.2) is 52.1 Å². The number of carbonyl (C=O) groups is 2. The third-order valence-corrected chi connectivity index (χ3v) is 10.2. The number of rotatable bonds is 7. The van der Waals surface area contributed by atoms with Crippen LogP contribution < -0.4 is 4.90 Å². The number of anilines is 1. The molecule has 39 heavy (non-hydrogen) atoms. The van der Waals surface area contributed by atoms with Gasteiger partial charge in [-0.25, -0.2) is 4.98 Å². The Hall–Kier alpha value is -2.18. The van der Waals surface area contributed by atoms with Crippen molar-refractivity contribution in [2.45, 2.75) is 30.0 Å². The summed E-state index contributed by atoms with van der Waals surface area (Å²) in [6.07, 6.45) is 0. The van der Waals surface area contributed by atoms with Crippen molar-refractivity contribution in [2.75, 3.05) is 4.90 Å². The maximum Gasteiger partial charge on any atom is 0.296 e. The van der Waals surface area contributed by atoms with E-state index in [9.17, 15) is 14.7 Å². The van der Waals surface area contributed by atoms with E-state index in [1.54, 1.807) is 44.2 Å². The molecule has 1 aliphatic rings. The van der Waals surface area contributed by atoms with Gasteiger partial charge < -0.3 is 5.11 Å². The van der Waals surface area contributed by atoms with E-state index < -0.39 is 23.5 Å². The van der Waals surface area contributed by atoms with E-state index in [-0.39, 0.29) is 26.3 Å². The molecule has 14 heteroatoms. The molecule has 0 bridgehead atoms. The van der Waals surface area contributed by atoms with Gasteiger partial charge in [0, 0.05) is 31.4 Å². The zero-order valence-electron chi connectivity index (χ0n) is 20.0. The van der Waals surface area contributed by atoms with Crippen LogP contribution in [-0.4, -0.2) is 32.0 Å². The van der Waals surface area contributed by atoms with Crippen LogP contribution in [0, 0.1) is 13.8 Å². The summed E-state index contributed by atoms with van der Waals surface area (Å²) in [5, 5.41) is 21.8. The highest BCUT2D eigenvalue weighted by molar-refractivity contribution is 8.00. The van der Waals surface area contributed by atoms with E-state index in [4.69, 9.17) is 46.4 Å². The average molecular weight is 658 g/mol. The van der Waals surface area contributed by atoms with E-state index in [0.717, 1.165) is 16.9 Å². The van der Waals surface area contributed by atoms with Crippen LogP contribution in [0.1, 0.15) is 37.5 Å². The molecular weight excluding hydrogens is 642 g/mol. The number of benzene rings is 2. The number of aromatic nitrogens is 3. The summed E-state index contributed by atoms with van der Waals surface area (Å²) in [7, 11) is 0. The van der Waals surface area contributed by atoms with Crippen LogP contribution in [0.4, 0.5) is 5.13 Å². The smallest absolute Gasteiger partial charge is 0.296 e. The van der Waals surface area contributed by atoms with Gasteiger partial charge in [-0.15, -0.1) is 21.5 Å². The molecule has 1 atom stereocenters. The maximum atomic E-state index is 13.8. The van der Waals surface area contributed by atoms with Crippen LogP contribution in [0.3, 0.4) is 0 Å². The van der Waals surface area contributed by atoms with Gasteiger partial charge in [0.1, 0.15) is 6.04 Å². The van der Waals surface area contributed by atoms with Gasteiger partial charge >= 0.3 is 0 Å². The lowest BCUT2D eigenvalue weighted by atomic mass is 9.95. The Balaban J connectivity index is 1.54. The molecule has 2 aromatic carbocycles. The molecular formula is C25H16Cl4N4O3S3. The second-order valence-electron chi connectivity index (χ2n) is 8.33. The van der Waals surface area contributed by atoms with Gasteiger partial charge in [-0.3, -0.25) is 14.5 Å². The van der Waals surface area contributed by atoms with Crippen LogP contribution in [0.5, 0.6) is 0 Å². The van der Waals surface area contributed by atoms with Crippen molar-refractivity contribution in [3.8, 4) is 0 Å². The quantitative estimate of drug-likeness (QED) is 0.121.